The van der Waals surface area contributed by atoms with Gasteiger partial charge < -0.3 is 48.1 Å². The first-order valence-corrected chi connectivity index (χ1v) is 22.4. The maximum absolute atomic E-state index is 12.5. The molecule has 0 aromatic heterocycles. The van der Waals surface area contributed by atoms with Crippen molar-refractivity contribution in [3.8, 4) is 11.5 Å². The lowest BCUT2D eigenvalue weighted by Crippen LogP contribution is -2.53. The predicted octanol–water partition coefficient (Wildman–Crippen LogP) is 6.64. The number of carboxylic acids is 1. The van der Waals surface area contributed by atoms with Gasteiger partial charge in [0, 0.05) is 25.9 Å². The lowest BCUT2D eigenvalue weighted by molar-refractivity contribution is -0.176. The molecule has 4 heterocycles. The van der Waals surface area contributed by atoms with Crippen LogP contribution in [-0.4, -0.2) is 142 Å². The number of hydrogen-bond acceptors (Lipinski definition) is 16. The summed E-state index contributed by atoms with van der Waals surface area (Å²) in [6.07, 6.45) is -3.19. The largest absolute Gasteiger partial charge is 0.497 e. The number of amides is 2. The third-order valence-electron chi connectivity index (χ3n) is 10.4. The van der Waals surface area contributed by atoms with E-state index in [4.69, 9.17) is 42.9 Å². The Morgan fingerprint density at radius 1 is 0.683 bits per heavy atom. The summed E-state index contributed by atoms with van der Waals surface area (Å²) in [6.45, 7) is 15.2. The molecule has 2 fully saturated rings. The van der Waals surface area contributed by atoms with Crippen LogP contribution in [0.4, 0.5) is 9.59 Å². The van der Waals surface area contributed by atoms with Gasteiger partial charge in [-0.05, 0) is 76.9 Å². The number of amidine groups is 2. The minimum Gasteiger partial charge on any atom is -0.497 e. The van der Waals surface area contributed by atoms with E-state index in [1.165, 1.54) is 33.3 Å². The number of fused-ring (bicyclic) bond motifs is 2. The normalized spacial score (nSPS) is 27.6. The van der Waals surface area contributed by atoms with Gasteiger partial charge in [0.2, 0.25) is 0 Å². The third-order valence-corrected chi connectivity index (χ3v) is 12.8. The first-order valence-electron chi connectivity index (χ1n) is 20.7. The van der Waals surface area contributed by atoms with Gasteiger partial charge >= 0.3 is 18.2 Å². The zero-order valence-corrected chi connectivity index (χ0v) is 39.6. The standard InChI is InChI=1S/C22H30N2O7S.C22H32N2O6S/c1-12-16(29-11-13-7-9-14(28-6)10-8-13)15-19(30-17(12)18(25)26)32-20(23-15)24(5)21(27)31-22(2,3)4;1-13-16(11-25)29-19-17(18(13)28-12-14-7-9-15(27-6)10-8-14)23-20(31-19)24(5)21(26)30-22(2,3)4/h7-10,12,15-17,19H,11H2,1-6H3,(H,25,26);7-10,13,16-19,25H,11-12H2,1-6H3/t12-,15+,16-,17-,19+;13-,16-,17-,18+,19-/m01/s1. The van der Waals surface area contributed by atoms with Gasteiger partial charge in [0.1, 0.15) is 45.7 Å². The Labute approximate surface area is 378 Å². The number of methoxy groups -OCH3 is 2. The smallest absolute Gasteiger partial charge is 0.416 e. The number of aliphatic hydroxyl groups excluding tert-OH is 1. The summed E-state index contributed by atoms with van der Waals surface area (Å²) in [7, 11) is 6.44. The molecule has 0 spiro atoms. The van der Waals surface area contributed by atoms with Crippen LogP contribution in [0.15, 0.2) is 58.5 Å². The summed E-state index contributed by atoms with van der Waals surface area (Å²) in [6, 6.07) is 14.4. The molecule has 63 heavy (non-hydrogen) atoms. The molecule has 19 heteroatoms. The highest BCUT2D eigenvalue weighted by Crippen LogP contribution is 2.43. The molecular weight excluding hydrogens is 857 g/mol. The number of carbonyl (C=O) groups is 3. The molecule has 4 aliphatic heterocycles. The number of benzene rings is 2. The Balaban J connectivity index is 0.000000238. The second-order valence-electron chi connectivity index (χ2n) is 17.6. The van der Waals surface area contributed by atoms with E-state index >= 15 is 0 Å². The van der Waals surface area contributed by atoms with E-state index in [9.17, 15) is 24.6 Å². The fourth-order valence-electron chi connectivity index (χ4n) is 7.00. The number of aliphatic imine (C=N–C) groups is 2. The zero-order chi connectivity index (χ0) is 46.4. The molecule has 0 bridgehead atoms. The Bertz CT molecular complexity index is 1940. The van der Waals surface area contributed by atoms with Crippen molar-refractivity contribution in [1.29, 1.82) is 0 Å². The first kappa shape index (κ1) is 49.9. The highest BCUT2D eigenvalue weighted by Gasteiger charge is 2.52. The van der Waals surface area contributed by atoms with Crippen LogP contribution in [0.5, 0.6) is 11.5 Å². The molecule has 0 unspecified atom stereocenters. The minimum absolute atomic E-state index is 0.0694. The molecule has 17 nitrogen and oxygen atoms in total. The monoisotopic (exact) mass is 918 g/mol. The van der Waals surface area contributed by atoms with Crippen molar-refractivity contribution >= 4 is 52.0 Å². The molecular formula is C44H62N4O13S2. The maximum atomic E-state index is 12.5. The number of hydrogen-bond donors (Lipinski definition) is 2. The number of carbonyl (C=O) groups excluding carboxylic acids is 2. The van der Waals surface area contributed by atoms with Gasteiger partial charge in [0.05, 0.1) is 52.4 Å². The van der Waals surface area contributed by atoms with Crippen LogP contribution in [-0.2, 0) is 46.4 Å². The van der Waals surface area contributed by atoms with E-state index in [0.717, 1.165) is 22.6 Å². The number of thioether (sulfide) groups is 2. The van der Waals surface area contributed by atoms with Gasteiger partial charge in [-0.25, -0.2) is 14.4 Å². The van der Waals surface area contributed by atoms with Crippen molar-refractivity contribution in [2.75, 3.05) is 34.9 Å². The van der Waals surface area contributed by atoms with E-state index < -0.39 is 59.0 Å². The Morgan fingerprint density at radius 2 is 1.08 bits per heavy atom. The predicted molar refractivity (Wildman–Crippen MR) is 239 cm³/mol. The highest BCUT2D eigenvalue weighted by molar-refractivity contribution is 8.14. The van der Waals surface area contributed by atoms with Crippen LogP contribution in [0.3, 0.4) is 0 Å². The van der Waals surface area contributed by atoms with Crippen molar-refractivity contribution in [2.45, 2.75) is 127 Å². The summed E-state index contributed by atoms with van der Waals surface area (Å²) in [4.78, 5) is 48.9. The molecule has 10 atom stereocenters. The summed E-state index contributed by atoms with van der Waals surface area (Å²) in [5.74, 6) is -0.0351. The fourth-order valence-corrected chi connectivity index (χ4v) is 9.33. The van der Waals surface area contributed by atoms with E-state index in [2.05, 4.69) is 4.99 Å². The van der Waals surface area contributed by atoms with E-state index in [1.54, 1.807) is 56.0 Å². The minimum atomic E-state index is -1.05. The molecule has 0 saturated carbocycles. The second kappa shape index (κ2) is 21.3. The average molecular weight is 919 g/mol. The van der Waals surface area contributed by atoms with Gasteiger partial charge in [0.25, 0.3) is 0 Å². The topological polar surface area (TPSA) is 197 Å². The summed E-state index contributed by atoms with van der Waals surface area (Å²) in [5, 5.41) is 20.4. The number of aliphatic hydroxyl groups is 1. The van der Waals surface area contributed by atoms with Crippen molar-refractivity contribution in [1.82, 2.24) is 9.80 Å². The number of nitrogens with zero attached hydrogens (tertiary/aromatic N) is 4. The van der Waals surface area contributed by atoms with Gasteiger partial charge in [-0.15, -0.1) is 0 Å². The summed E-state index contributed by atoms with van der Waals surface area (Å²) < 4.78 is 45.6. The average Bonchev–Trinajstić information content (AvgIpc) is 3.86. The van der Waals surface area contributed by atoms with Gasteiger partial charge in [-0.1, -0.05) is 61.6 Å². The Hall–Kier alpha value is -4.11. The van der Waals surface area contributed by atoms with E-state index in [1.807, 2.05) is 76.2 Å². The lowest BCUT2D eigenvalue weighted by Gasteiger charge is -2.41. The van der Waals surface area contributed by atoms with Crippen molar-refractivity contribution in [3.05, 3.63) is 59.7 Å². The Kier molecular flexibility index (Phi) is 16.8. The van der Waals surface area contributed by atoms with Gasteiger partial charge in [0.15, 0.2) is 16.4 Å². The summed E-state index contributed by atoms with van der Waals surface area (Å²) >= 11 is 2.56. The van der Waals surface area contributed by atoms with Crippen molar-refractivity contribution < 1.29 is 62.5 Å². The molecule has 0 aliphatic carbocycles. The lowest BCUT2D eigenvalue weighted by atomic mass is 9.90. The Morgan fingerprint density at radius 3 is 1.44 bits per heavy atom. The second-order valence-corrected chi connectivity index (χ2v) is 19.7. The number of ether oxygens (including phenoxy) is 8. The number of aliphatic carboxylic acids is 1. The quantitative estimate of drug-likeness (QED) is 0.257. The zero-order valence-electron chi connectivity index (χ0n) is 38.0. The van der Waals surface area contributed by atoms with Crippen LogP contribution in [0.25, 0.3) is 0 Å². The van der Waals surface area contributed by atoms with Crippen molar-refractivity contribution in [2.24, 2.45) is 21.8 Å². The van der Waals surface area contributed by atoms with Gasteiger partial charge in [-0.2, -0.15) is 0 Å². The molecule has 2 N–H and O–H groups in total. The third kappa shape index (κ3) is 13.0. The fraction of sp³-hybridized carbons (Fsp3) is 0.614. The molecule has 2 amide bonds. The van der Waals surface area contributed by atoms with Crippen LogP contribution in [0, 0.1) is 11.8 Å². The molecule has 4 aliphatic rings. The van der Waals surface area contributed by atoms with E-state index in [-0.39, 0.29) is 42.8 Å². The summed E-state index contributed by atoms with van der Waals surface area (Å²) in [5.41, 5.74) is -0.224. The molecule has 2 saturated heterocycles. The molecule has 2 aromatic carbocycles. The van der Waals surface area contributed by atoms with Crippen LogP contribution < -0.4 is 9.47 Å². The maximum Gasteiger partial charge on any atom is 0.416 e. The van der Waals surface area contributed by atoms with Crippen LogP contribution in [0.1, 0.15) is 66.5 Å². The van der Waals surface area contributed by atoms with Crippen molar-refractivity contribution in [3.63, 3.8) is 0 Å². The molecule has 348 valence electrons. The molecule has 0 radical (unpaired) electrons. The number of rotatable bonds is 10. The van der Waals surface area contributed by atoms with Crippen LogP contribution in [0.2, 0.25) is 0 Å². The molecule has 2 aromatic rings. The van der Waals surface area contributed by atoms with Crippen LogP contribution >= 0.6 is 23.5 Å². The highest BCUT2D eigenvalue weighted by atomic mass is 32.2. The SMILES string of the molecule is COc1ccc(CO[C@H]2[C@H](C)[C@@H](C(=O)O)O[C@@H]3SC(N(C)C(=O)OC(C)(C)C)=N[C@H]23)cc1.COc1ccc(CO[C@H]2[C@H](C)[C@@H](CO)O[C@@H]3SC(N(C)C(=O)OC(C)(C)C)=N[C@H]23)cc1. The van der Waals surface area contributed by atoms with Gasteiger partial charge in [-0.3, -0.25) is 19.8 Å². The first-order chi connectivity index (χ1) is 29.6. The number of carboxylic acid groups (broad SMARTS) is 1. The van der Waals surface area contributed by atoms with E-state index in [0.29, 0.717) is 16.9 Å². The molecule has 6 rings (SSSR count).